The lowest BCUT2D eigenvalue weighted by molar-refractivity contribution is -1.11. The molecule has 0 aromatic carbocycles. The highest BCUT2D eigenvalue weighted by Crippen LogP contribution is 2.27. The number of likely N-dealkylation sites (N-methyl/N-ethyl adjacent to an activating group) is 2. The third-order valence-corrected chi connectivity index (χ3v) is 10.1. The maximum atomic E-state index is 4.03. The second-order valence-electron chi connectivity index (χ2n) is 14.7. The van der Waals surface area contributed by atoms with Gasteiger partial charge < -0.3 is 48.0 Å². The van der Waals surface area contributed by atoms with Crippen molar-refractivity contribution in [2.75, 3.05) is 66.5 Å². The van der Waals surface area contributed by atoms with Gasteiger partial charge in [0.25, 0.3) is 0 Å². The van der Waals surface area contributed by atoms with Crippen molar-refractivity contribution in [2.45, 2.75) is 136 Å². The van der Waals surface area contributed by atoms with Gasteiger partial charge in [-0.2, -0.15) is 0 Å². The molecule has 312 valence electrons. The summed E-state index contributed by atoms with van der Waals surface area (Å²) in [5, 5.41) is 0. The molecule has 0 aliphatic heterocycles. The molecule has 4 nitrogen and oxygen atoms in total. The van der Waals surface area contributed by atoms with Gasteiger partial charge in [-0.3, -0.25) is 18.8 Å². The number of rotatable bonds is 36. The van der Waals surface area contributed by atoms with Crippen LogP contribution in [0.15, 0.2) is 101 Å². The van der Waals surface area contributed by atoms with E-state index in [1.807, 2.05) is 24.3 Å². The quantitative estimate of drug-likeness (QED) is 0.0232. The predicted octanol–water partition coefficient (Wildman–Crippen LogP) is 6.54. The summed E-state index contributed by atoms with van der Waals surface area (Å²) in [6, 6.07) is 0. The molecule has 0 aliphatic rings. The molecule has 0 aromatic rings. The molecule has 0 fully saturated rings. The Hall–Kier alpha value is -0.780. The minimum absolute atomic E-state index is 0. The van der Waals surface area contributed by atoms with Gasteiger partial charge in [0.05, 0.1) is 26.7 Å². The number of hydrogen-bond acceptors (Lipinski definition) is 2. The summed E-state index contributed by atoms with van der Waals surface area (Å²) >= 11 is 0. The largest absolute Gasteiger partial charge is 1.00 e. The van der Waals surface area contributed by atoms with E-state index in [9.17, 15) is 0 Å². The number of hydrogen-bond donors (Lipinski definition) is 0. The molecule has 0 heterocycles. The van der Waals surface area contributed by atoms with Gasteiger partial charge in [-0.15, -0.1) is 26.3 Å². The highest BCUT2D eigenvalue weighted by atomic mass is 127. The van der Waals surface area contributed by atoms with E-state index in [1.165, 1.54) is 103 Å². The van der Waals surface area contributed by atoms with Crippen molar-refractivity contribution < 1.29 is 56.9 Å². The molecule has 53 heavy (non-hydrogen) atoms. The Balaban J connectivity index is -0.000000275. The Bertz CT molecular complexity index is 807. The third-order valence-electron chi connectivity index (χ3n) is 10.1. The van der Waals surface area contributed by atoms with Crippen molar-refractivity contribution in [3.63, 3.8) is 0 Å². The fourth-order valence-electron chi connectivity index (χ4n) is 7.58. The molecular weight excluding hydrogens is 874 g/mol. The highest BCUT2D eigenvalue weighted by Gasteiger charge is 2.43. The van der Waals surface area contributed by atoms with Crippen molar-refractivity contribution in [1.82, 2.24) is 9.80 Å². The van der Waals surface area contributed by atoms with Gasteiger partial charge in [0.2, 0.25) is 6.17 Å². The Morgan fingerprint density at radius 1 is 0.415 bits per heavy atom. The van der Waals surface area contributed by atoms with E-state index in [0.717, 1.165) is 61.3 Å². The molecule has 0 unspecified atom stereocenters. The zero-order valence-corrected chi connectivity index (χ0v) is 39.3. The molecule has 0 rings (SSSR count). The summed E-state index contributed by atoms with van der Waals surface area (Å²) in [6.45, 7) is 43.7. The molecule has 0 aromatic heterocycles. The van der Waals surface area contributed by atoms with Crippen molar-refractivity contribution in [1.29, 1.82) is 0 Å². The van der Waals surface area contributed by atoms with Crippen LogP contribution >= 0.6 is 0 Å². The van der Waals surface area contributed by atoms with Crippen LogP contribution in [0.4, 0.5) is 0 Å². The van der Waals surface area contributed by atoms with Crippen LogP contribution in [0.5, 0.6) is 0 Å². The zero-order chi connectivity index (χ0) is 37.9. The molecule has 0 spiro atoms. The summed E-state index contributed by atoms with van der Waals surface area (Å²) in [6.07, 6.45) is 38.4. The minimum atomic E-state index is 0. The van der Waals surface area contributed by atoms with Crippen LogP contribution in [0.2, 0.25) is 0 Å². The normalized spacial score (nSPS) is 11.0. The van der Waals surface area contributed by atoms with Crippen molar-refractivity contribution in [3.05, 3.63) is 101 Å². The van der Waals surface area contributed by atoms with Crippen LogP contribution in [-0.4, -0.2) is 97.6 Å². The Morgan fingerprint density at radius 2 is 0.679 bits per heavy atom. The summed E-state index contributed by atoms with van der Waals surface area (Å²) in [5.74, 6) is 0. The highest BCUT2D eigenvalue weighted by molar-refractivity contribution is 4.89. The number of nitrogens with zero attached hydrogens (tertiary/aromatic N) is 4. The van der Waals surface area contributed by atoms with E-state index in [2.05, 4.69) is 115 Å². The van der Waals surface area contributed by atoms with Crippen LogP contribution in [0, 0.1) is 0 Å². The molecule has 0 atom stereocenters. The molecule has 0 saturated heterocycles. The van der Waals surface area contributed by atoms with E-state index in [0.29, 0.717) is 12.3 Å². The fraction of sp³-hybridized carbons (Fsp3) is 0.660. The average Bonchev–Trinajstić information content (AvgIpc) is 3.08. The summed E-state index contributed by atoms with van der Waals surface area (Å²) in [7, 11) is 4.72. The molecule has 0 amide bonds. The van der Waals surface area contributed by atoms with Crippen LogP contribution in [0.3, 0.4) is 0 Å². The van der Waals surface area contributed by atoms with Gasteiger partial charge in [-0.05, 0) is 37.1 Å². The smallest absolute Gasteiger partial charge is 0.217 e. The van der Waals surface area contributed by atoms with Crippen LogP contribution in [0.1, 0.15) is 124 Å². The number of unbranched alkanes of at least 4 members (excludes halogenated alkanes) is 12. The first-order valence-electron chi connectivity index (χ1n) is 20.2. The average molecular weight is 965 g/mol. The summed E-state index contributed by atoms with van der Waals surface area (Å²) in [4.78, 5) is 4.90. The lowest BCUT2D eigenvalue weighted by atomic mass is 10.0. The standard InChI is InChI=1S/C24H46N2.C22H40N2.CH4.2HI/c1-8-13-14-15-16-17-18-19-24(25(6,20-9-2)21-10-3)26(7,22-11-4)23-12-5;1-6-11-12-13-14-15-16-17-22(23(18-7-2)19-8-3)24(20-9-4)21-10-5;;;/h9-12,24H,2-5,8,13-23H2,1,6-7H3;7-10,22H,2-6,11-21H2,1H3;1H4;2*1H/q+2;;;;/p-2. The Kier molecular flexibility index (Phi) is 49.1. The van der Waals surface area contributed by atoms with Crippen molar-refractivity contribution in [3.8, 4) is 0 Å². The second-order valence-corrected chi connectivity index (χ2v) is 14.7. The zero-order valence-electron chi connectivity index (χ0n) is 34.9. The van der Waals surface area contributed by atoms with Gasteiger partial charge >= 0.3 is 0 Å². The first kappa shape index (κ1) is 61.4. The lowest BCUT2D eigenvalue weighted by Gasteiger charge is -2.49. The molecular formula is C47H90I2N4. The lowest BCUT2D eigenvalue weighted by Crippen LogP contribution is -3.00. The molecule has 6 heteroatoms. The van der Waals surface area contributed by atoms with E-state index >= 15 is 0 Å². The van der Waals surface area contributed by atoms with Gasteiger partial charge in [-0.25, -0.2) is 0 Å². The molecule has 0 radical (unpaired) electrons. The van der Waals surface area contributed by atoms with E-state index in [4.69, 9.17) is 0 Å². The van der Waals surface area contributed by atoms with Crippen LogP contribution in [-0.2, 0) is 0 Å². The maximum absolute atomic E-state index is 4.03. The second kappa shape index (κ2) is 42.4. The first-order chi connectivity index (χ1) is 24.2. The Labute approximate surface area is 368 Å². The van der Waals surface area contributed by atoms with Gasteiger partial charge in [0.15, 0.2) is 0 Å². The van der Waals surface area contributed by atoms with Crippen molar-refractivity contribution >= 4 is 0 Å². The molecule has 0 aliphatic carbocycles. The summed E-state index contributed by atoms with van der Waals surface area (Å²) in [5.41, 5.74) is 0. The first-order valence-corrected chi connectivity index (χ1v) is 20.2. The third kappa shape index (κ3) is 29.2. The van der Waals surface area contributed by atoms with Crippen LogP contribution < -0.4 is 48.0 Å². The number of halogens is 2. The van der Waals surface area contributed by atoms with Gasteiger partial charge in [0.1, 0.15) is 26.2 Å². The Morgan fingerprint density at radius 3 is 0.943 bits per heavy atom. The van der Waals surface area contributed by atoms with E-state index in [1.54, 1.807) is 0 Å². The predicted molar refractivity (Wildman–Crippen MR) is 236 cm³/mol. The fourth-order valence-corrected chi connectivity index (χ4v) is 7.58. The summed E-state index contributed by atoms with van der Waals surface area (Å²) < 4.78 is 1.92. The van der Waals surface area contributed by atoms with Gasteiger partial charge in [0, 0.05) is 26.2 Å². The molecule has 0 saturated carbocycles. The monoisotopic (exact) mass is 965 g/mol. The molecule has 0 bridgehead atoms. The van der Waals surface area contributed by atoms with Crippen LogP contribution in [0.25, 0.3) is 0 Å². The number of quaternary nitrogens is 2. The van der Waals surface area contributed by atoms with E-state index in [-0.39, 0.29) is 55.4 Å². The maximum Gasteiger partial charge on any atom is 0.217 e. The topological polar surface area (TPSA) is 6.48 Å². The minimum Gasteiger partial charge on any atom is -1.00 e. The molecule has 0 N–H and O–H groups in total. The van der Waals surface area contributed by atoms with Crippen molar-refractivity contribution in [2.24, 2.45) is 0 Å². The SMILES string of the molecule is C.C=CCN(CC=C)C(CCCCCCCCC)N(CC=C)CC=C.C=CC[N+](C)(CC=C)C(CCCCCCCCC)[N+](C)(CC=C)CC=C.[I-].[I-]. The van der Waals surface area contributed by atoms with Gasteiger partial charge in [-0.1, -0.05) is 155 Å². The van der Waals surface area contributed by atoms with E-state index < -0.39 is 0 Å².